The standard InChI is InChI=1S/C12H15N3O4/c1-7(15-18)9-3-5-10(6-4-9)19-8(2)11(16)14-12(13)17/h3-6,8,18H,1-2H3,(H3,13,14,16,17)/b15-7+. The van der Waals surface area contributed by atoms with Crippen LogP contribution in [-0.2, 0) is 4.79 Å². The second kappa shape index (κ2) is 6.39. The summed E-state index contributed by atoms with van der Waals surface area (Å²) in [5.41, 5.74) is 6.02. The van der Waals surface area contributed by atoms with Crippen molar-refractivity contribution in [2.75, 3.05) is 0 Å². The summed E-state index contributed by atoms with van der Waals surface area (Å²) in [6, 6.07) is 5.69. The molecule has 0 spiro atoms. The number of hydrogen-bond acceptors (Lipinski definition) is 5. The number of nitrogens with one attached hydrogen (secondary N) is 1. The van der Waals surface area contributed by atoms with Crippen LogP contribution >= 0.6 is 0 Å². The van der Waals surface area contributed by atoms with E-state index in [1.165, 1.54) is 6.92 Å². The maximum atomic E-state index is 11.4. The van der Waals surface area contributed by atoms with Crippen LogP contribution in [-0.4, -0.2) is 29.0 Å². The zero-order valence-corrected chi connectivity index (χ0v) is 10.6. The Hall–Kier alpha value is -2.57. The van der Waals surface area contributed by atoms with E-state index in [2.05, 4.69) is 5.16 Å². The number of ether oxygens (including phenoxy) is 1. The van der Waals surface area contributed by atoms with E-state index < -0.39 is 18.0 Å². The maximum absolute atomic E-state index is 11.4. The van der Waals surface area contributed by atoms with E-state index in [-0.39, 0.29) is 0 Å². The molecule has 1 rings (SSSR count). The minimum absolute atomic E-state index is 0.446. The van der Waals surface area contributed by atoms with Crippen LogP contribution in [0.2, 0.25) is 0 Å². The van der Waals surface area contributed by atoms with Gasteiger partial charge in [0.1, 0.15) is 5.75 Å². The van der Waals surface area contributed by atoms with Crippen LogP contribution < -0.4 is 15.8 Å². The Kier molecular flexibility index (Phi) is 4.87. The normalized spacial score (nSPS) is 12.6. The number of rotatable bonds is 4. The van der Waals surface area contributed by atoms with Gasteiger partial charge in [-0.2, -0.15) is 0 Å². The number of oxime groups is 1. The molecule has 0 radical (unpaired) electrons. The van der Waals surface area contributed by atoms with Crippen molar-refractivity contribution in [2.24, 2.45) is 10.9 Å². The van der Waals surface area contributed by atoms with Crippen molar-refractivity contribution in [2.45, 2.75) is 20.0 Å². The van der Waals surface area contributed by atoms with E-state index in [1.54, 1.807) is 31.2 Å². The second-order valence-corrected chi connectivity index (χ2v) is 3.82. The monoisotopic (exact) mass is 265 g/mol. The highest BCUT2D eigenvalue weighted by Gasteiger charge is 2.15. The number of carbonyl (C=O) groups excluding carboxylic acids is 2. The van der Waals surface area contributed by atoms with E-state index in [9.17, 15) is 9.59 Å². The molecular formula is C12H15N3O4. The van der Waals surface area contributed by atoms with Gasteiger partial charge in [-0.25, -0.2) is 4.79 Å². The van der Waals surface area contributed by atoms with Gasteiger partial charge in [0.2, 0.25) is 0 Å². The van der Waals surface area contributed by atoms with Crippen LogP contribution in [0.15, 0.2) is 29.4 Å². The van der Waals surface area contributed by atoms with Crippen molar-refractivity contribution in [3.05, 3.63) is 29.8 Å². The highest BCUT2D eigenvalue weighted by Crippen LogP contribution is 2.14. The first kappa shape index (κ1) is 14.5. The van der Waals surface area contributed by atoms with Gasteiger partial charge in [-0.15, -0.1) is 0 Å². The summed E-state index contributed by atoms with van der Waals surface area (Å²) in [4.78, 5) is 21.9. The molecule has 0 aromatic heterocycles. The zero-order chi connectivity index (χ0) is 14.4. The molecule has 0 aliphatic rings. The van der Waals surface area contributed by atoms with Crippen LogP contribution in [0.1, 0.15) is 19.4 Å². The highest BCUT2D eigenvalue weighted by molar-refractivity contribution is 5.98. The fourth-order valence-electron chi connectivity index (χ4n) is 1.31. The Morgan fingerprint density at radius 2 is 1.95 bits per heavy atom. The molecule has 0 heterocycles. The van der Waals surface area contributed by atoms with Gasteiger partial charge in [-0.05, 0) is 43.7 Å². The molecule has 7 nitrogen and oxygen atoms in total. The molecule has 3 amide bonds. The molecule has 0 aliphatic carbocycles. The molecule has 1 aromatic rings. The minimum atomic E-state index is -0.925. The van der Waals surface area contributed by atoms with E-state index in [1.807, 2.05) is 5.32 Å². The summed E-state index contributed by atoms with van der Waals surface area (Å²) in [6.45, 7) is 3.14. The van der Waals surface area contributed by atoms with Gasteiger partial charge in [-0.1, -0.05) is 5.16 Å². The quantitative estimate of drug-likeness (QED) is 0.425. The SMILES string of the molecule is C/C(=N\O)c1ccc(OC(C)C(=O)NC(N)=O)cc1. The predicted molar refractivity (Wildman–Crippen MR) is 68.3 cm³/mol. The summed E-state index contributed by atoms with van der Waals surface area (Å²) >= 11 is 0. The lowest BCUT2D eigenvalue weighted by Gasteiger charge is -2.13. The number of amides is 3. The van der Waals surface area contributed by atoms with E-state index in [4.69, 9.17) is 15.7 Å². The van der Waals surface area contributed by atoms with E-state index in [0.29, 0.717) is 11.5 Å². The van der Waals surface area contributed by atoms with E-state index >= 15 is 0 Å². The number of primary amides is 1. The first-order valence-electron chi connectivity index (χ1n) is 5.50. The van der Waals surface area contributed by atoms with Crippen molar-refractivity contribution in [3.63, 3.8) is 0 Å². The molecule has 0 bridgehead atoms. The van der Waals surface area contributed by atoms with Crippen LogP contribution in [0.25, 0.3) is 0 Å². The lowest BCUT2D eigenvalue weighted by atomic mass is 10.1. The van der Waals surface area contributed by atoms with Crippen LogP contribution in [0.3, 0.4) is 0 Å². The molecule has 102 valence electrons. The molecule has 1 atom stereocenters. The van der Waals surface area contributed by atoms with Crippen molar-refractivity contribution in [1.82, 2.24) is 5.32 Å². The third-order valence-corrected chi connectivity index (χ3v) is 2.35. The molecule has 0 saturated carbocycles. The fourth-order valence-corrected chi connectivity index (χ4v) is 1.31. The molecular weight excluding hydrogens is 250 g/mol. The summed E-state index contributed by atoms with van der Waals surface area (Å²) in [5.74, 6) is -0.175. The average Bonchev–Trinajstić information content (AvgIpc) is 2.37. The third-order valence-electron chi connectivity index (χ3n) is 2.35. The number of hydrogen-bond donors (Lipinski definition) is 3. The van der Waals surface area contributed by atoms with Crippen LogP contribution in [0.4, 0.5) is 4.79 Å². The highest BCUT2D eigenvalue weighted by atomic mass is 16.5. The Balaban J connectivity index is 2.67. The molecule has 7 heteroatoms. The van der Waals surface area contributed by atoms with Gasteiger partial charge >= 0.3 is 6.03 Å². The van der Waals surface area contributed by atoms with E-state index in [0.717, 1.165) is 5.56 Å². The van der Waals surface area contributed by atoms with Gasteiger partial charge in [0.15, 0.2) is 6.10 Å². The van der Waals surface area contributed by atoms with Crippen molar-refractivity contribution >= 4 is 17.6 Å². The Morgan fingerprint density at radius 1 is 1.37 bits per heavy atom. The number of imide groups is 1. The first-order valence-corrected chi connectivity index (χ1v) is 5.50. The number of benzene rings is 1. The first-order chi connectivity index (χ1) is 8.93. The second-order valence-electron chi connectivity index (χ2n) is 3.82. The summed E-state index contributed by atoms with van der Waals surface area (Å²) in [6.07, 6.45) is -0.856. The summed E-state index contributed by atoms with van der Waals surface area (Å²) in [5, 5.41) is 13.6. The number of nitrogens with zero attached hydrogens (tertiary/aromatic N) is 1. The maximum Gasteiger partial charge on any atom is 0.318 e. The van der Waals surface area contributed by atoms with Crippen LogP contribution in [0, 0.1) is 0 Å². The van der Waals surface area contributed by atoms with Gasteiger partial charge in [0.05, 0.1) is 5.71 Å². The van der Waals surface area contributed by atoms with Crippen molar-refractivity contribution in [3.8, 4) is 5.75 Å². The molecule has 1 unspecified atom stereocenters. The Labute approximate surface area is 110 Å². The number of carbonyl (C=O) groups is 2. The Bertz CT molecular complexity index is 496. The van der Waals surface area contributed by atoms with Crippen molar-refractivity contribution < 1.29 is 19.5 Å². The third kappa shape index (κ3) is 4.30. The Morgan fingerprint density at radius 3 is 2.42 bits per heavy atom. The molecule has 1 aromatic carbocycles. The zero-order valence-electron chi connectivity index (χ0n) is 10.6. The number of nitrogens with two attached hydrogens (primary N) is 1. The lowest BCUT2D eigenvalue weighted by Crippen LogP contribution is -2.42. The summed E-state index contributed by atoms with van der Waals surface area (Å²) in [7, 11) is 0. The molecule has 0 saturated heterocycles. The topological polar surface area (TPSA) is 114 Å². The largest absolute Gasteiger partial charge is 0.481 e. The van der Waals surface area contributed by atoms with Gasteiger partial charge in [0.25, 0.3) is 5.91 Å². The minimum Gasteiger partial charge on any atom is -0.481 e. The van der Waals surface area contributed by atoms with Gasteiger partial charge in [-0.3, -0.25) is 10.1 Å². The smallest absolute Gasteiger partial charge is 0.318 e. The molecule has 0 aliphatic heterocycles. The molecule has 19 heavy (non-hydrogen) atoms. The molecule has 0 fully saturated rings. The average molecular weight is 265 g/mol. The summed E-state index contributed by atoms with van der Waals surface area (Å²) < 4.78 is 5.32. The lowest BCUT2D eigenvalue weighted by molar-refractivity contribution is -0.126. The van der Waals surface area contributed by atoms with Crippen LogP contribution in [0.5, 0.6) is 5.75 Å². The van der Waals surface area contributed by atoms with Gasteiger partial charge in [0, 0.05) is 0 Å². The van der Waals surface area contributed by atoms with Crippen molar-refractivity contribution in [1.29, 1.82) is 0 Å². The fraction of sp³-hybridized carbons (Fsp3) is 0.250. The predicted octanol–water partition coefficient (Wildman–Crippen LogP) is 0.847. The molecule has 4 N–H and O–H groups in total. The number of urea groups is 1. The van der Waals surface area contributed by atoms with Gasteiger partial charge < -0.3 is 15.7 Å².